The summed E-state index contributed by atoms with van der Waals surface area (Å²) in [7, 11) is 0. The van der Waals surface area contributed by atoms with Crippen LogP contribution in [0.25, 0.3) is 0 Å². The molecule has 0 unspecified atom stereocenters. The first-order valence-electron chi connectivity index (χ1n) is 6.48. The summed E-state index contributed by atoms with van der Waals surface area (Å²) in [6, 6.07) is 4.38. The number of aromatic hydroxyl groups is 1. The number of aliphatic hydroxyl groups is 1. The second-order valence-electron chi connectivity index (χ2n) is 5.11. The summed E-state index contributed by atoms with van der Waals surface area (Å²) < 4.78 is 0. The zero-order valence-corrected chi connectivity index (χ0v) is 11.4. The third kappa shape index (κ3) is 3.19. The van der Waals surface area contributed by atoms with E-state index in [4.69, 9.17) is 11.6 Å². The molecule has 0 atom stereocenters. The molecule has 0 bridgehead atoms. The van der Waals surface area contributed by atoms with E-state index in [1.807, 2.05) is 0 Å². The van der Waals surface area contributed by atoms with Crippen molar-refractivity contribution in [2.24, 2.45) is 0 Å². The largest absolute Gasteiger partial charge is 0.507 e. The highest BCUT2D eigenvalue weighted by Gasteiger charge is 2.33. The molecule has 0 heterocycles. The van der Waals surface area contributed by atoms with Gasteiger partial charge in [-0.15, -0.1) is 0 Å². The minimum absolute atomic E-state index is 0.0763. The summed E-state index contributed by atoms with van der Waals surface area (Å²) in [5, 5.41) is 22.5. The number of halogens is 1. The average Bonchev–Trinajstić information content (AvgIpc) is 2.39. The van der Waals surface area contributed by atoms with E-state index in [2.05, 4.69) is 5.32 Å². The van der Waals surface area contributed by atoms with Crippen molar-refractivity contribution in [1.82, 2.24) is 5.32 Å². The highest BCUT2D eigenvalue weighted by molar-refractivity contribution is 6.30. The molecule has 0 aromatic heterocycles. The zero-order valence-electron chi connectivity index (χ0n) is 10.7. The number of carbonyl (C=O) groups excluding carboxylic acids is 1. The summed E-state index contributed by atoms with van der Waals surface area (Å²) in [5.41, 5.74) is -0.371. The van der Waals surface area contributed by atoms with Gasteiger partial charge in [-0.1, -0.05) is 30.9 Å². The number of benzene rings is 1. The standard InChI is InChI=1S/C14H18ClNO3/c15-10-4-5-11(12(18)8-10)13(19)16-14(9-17)6-2-1-3-7-14/h4-5,8,17-18H,1-3,6-7,9H2,(H,16,19). The lowest BCUT2D eigenvalue weighted by Crippen LogP contribution is -2.52. The van der Waals surface area contributed by atoms with E-state index in [0.29, 0.717) is 5.02 Å². The Morgan fingerprint density at radius 1 is 1.32 bits per heavy atom. The van der Waals surface area contributed by atoms with Crippen LogP contribution in [0.4, 0.5) is 0 Å². The van der Waals surface area contributed by atoms with E-state index in [0.717, 1.165) is 32.1 Å². The number of nitrogens with one attached hydrogen (secondary N) is 1. The molecule has 1 aromatic rings. The number of rotatable bonds is 3. The van der Waals surface area contributed by atoms with Gasteiger partial charge in [0.05, 0.1) is 17.7 Å². The van der Waals surface area contributed by atoms with Crippen LogP contribution in [-0.2, 0) is 0 Å². The molecule has 0 saturated heterocycles. The average molecular weight is 284 g/mol. The molecular formula is C14H18ClNO3. The summed E-state index contributed by atoms with van der Waals surface area (Å²) >= 11 is 5.74. The quantitative estimate of drug-likeness (QED) is 0.798. The van der Waals surface area contributed by atoms with Crippen LogP contribution in [-0.4, -0.2) is 28.3 Å². The molecule has 1 aliphatic rings. The maximum absolute atomic E-state index is 12.2. The van der Waals surface area contributed by atoms with Crippen LogP contribution >= 0.6 is 11.6 Å². The van der Waals surface area contributed by atoms with Crippen LogP contribution < -0.4 is 5.32 Å². The van der Waals surface area contributed by atoms with Crippen LogP contribution in [0.3, 0.4) is 0 Å². The topological polar surface area (TPSA) is 69.6 Å². The summed E-state index contributed by atoms with van der Waals surface area (Å²) in [6.45, 7) is -0.0763. The van der Waals surface area contributed by atoms with Crippen molar-refractivity contribution in [3.63, 3.8) is 0 Å². The summed E-state index contributed by atoms with van der Waals surface area (Å²) in [5.74, 6) is -0.515. The Balaban J connectivity index is 2.15. The van der Waals surface area contributed by atoms with Crippen LogP contribution in [0.2, 0.25) is 5.02 Å². The third-order valence-corrected chi connectivity index (χ3v) is 3.93. The first kappa shape index (κ1) is 14.2. The van der Waals surface area contributed by atoms with Gasteiger partial charge in [0.1, 0.15) is 5.75 Å². The smallest absolute Gasteiger partial charge is 0.255 e. The molecule has 1 aliphatic carbocycles. The van der Waals surface area contributed by atoms with Gasteiger partial charge in [-0.25, -0.2) is 0 Å². The van der Waals surface area contributed by atoms with Crippen molar-refractivity contribution in [2.75, 3.05) is 6.61 Å². The fourth-order valence-corrected chi connectivity index (χ4v) is 2.72. The van der Waals surface area contributed by atoms with Gasteiger partial charge in [0, 0.05) is 5.02 Å². The molecular weight excluding hydrogens is 266 g/mol. The molecule has 19 heavy (non-hydrogen) atoms. The maximum atomic E-state index is 12.2. The van der Waals surface area contributed by atoms with Crippen molar-refractivity contribution in [2.45, 2.75) is 37.6 Å². The van der Waals surface area contributed by atoms with Crippen LogP contribution in [0, 0.1) is 0 Å². The molecule has 2 rings (SSSR count). The molecule has 3 N–H and O–H groups in total. The van der Waals surface area contributed by atoms with Gasteiger partial charge in [-0.3, -0.25) is 4.79 Å². The van der Waals surface area contributed by atoms with Crippen molar-refractivity contribution >= 4 is 17.5 Å². The second kappa shape index (κ2) is 5.80. The van der Waals surface area contributed by atoms with Gasteiger partial charge < -0.3 is 15.5 Å². The first-order chi connectivity index (χ1) is 9.06. The molecule has 5 heteroatoms. The minimum Gasteiger partial charge on any atom is -0.507 e. The predicted octanol–water partition coefficient (Wildman–Crippen LogP) is 2.47. The molecule has 0 spiro atoms. The molecule has 104 valence electrons. The zero-order chi connectivity index (χ0) is 13.9. The van der Waals surface area contributed by atoms with Crippen molar-refractivity contribution in [3.05, 3.63) is 28.8 Å². The fraction of sp³-hybridized carbons (Fsp3) is 0.500. The lowest BCUT2D eigenvalue weighted by atomic mass is 9.82. The Bertz CT molecular complexity index is 470. The summed E-state index contributed by atoms with van der Waals surface area (Å²) in [6.07, 6.45) is 4.65. The molecule has 1 saturated carbocycles. The predicted molar refractivity (Wildman–Crippen MR) is 73.5 cm³/mol. The Hall–Kier alpha value is -1.26. The normalized spacial score (nSPS) is 18.0. The van der Waals surface area contributed by atoms with Crippen LogP contribution in [0.1, 0.15) is 42.5 Å². The Kier molecular flexibility index (Phi) is 4.32. The Labute approximate surface area is 117 Å². The fourth-order valence-electron chi connectivity index (χ4n) is 2.56. The van der Waals surface area contributed by atoms with E-state index in [1.54, 1.807) is 6.07 Å². The molecule has 1 amide bonds. The Morgan fingerprint density at radius 2 is 2.00 bits per heavy atom. The highest BCUT2D eigenvalue weighted by atomic mass is 35.5. The molecule has 1 aromatic carbocycles. The second-order valence-corrected chi connectivity index (χ2v) is 5.55. The molecule has 4 nitrogen and oxygen atoms in total. The Morgan fingerprint density at radius 3 is 2.58 bits per heavy atom. The molecule has 1 fully saturated rings. The lowest BCUT2D eigenvalue weighted by molar-refractivity contribution is 0.0756. The van der Waals surface area contributed by atoms with Gasteiger partial charge in [-0.05, 0) is 31.0 Å². The van der Waals surface area contributed by atoms with E-state index in [1.165, 1.54) is 12.1 Å². The van der Waals surface area contributed by atoms with Crippen molar-refractivity contribution < 1.29 is 15.0 Å². The lowest BCUT2D eigenvalue weighted by Gasteiger charge is -2.36. The number of phenols is 1. The number of carbonyl (C=O) groups is 1. The van der Waals surface area contributed by atoms with Crippen LogP contribution in [0.15, 0.2) is 18.2 Å². The number of hydrogen-bond donors (Lipinski definition) is 3. The van der Waals surface area contributed by atoms with Crippen molar-refractivity contribution in [1.29, 1.82) is 0 Å². The van der Waals surface area contributed by atoms with E-state index >= 15 is 0 Å². The first-order valence-corrected chi connectivity index (χ1v) is 6.86. The third-order valence-electron chi connectivity index (χ3n) is 3.70. The number of hydrogen-bond acceptors (Lipinski definition) is 3. The number of aliphatic hydroxyl groups excluding tert-OH is 1. The monoisotopic (exact) mass is 283 g/mol. The van der Waals surface area contributed by atoms with Gasteiger partial charge in [0.2, 0.25) is 0 Å². The van der Waals surface area contributed by atoms with Crippen LogP contribution in [0.5, 0.6) is 5.75 Å². The van der Waals surface area contributed by atoms with Crippen molar-refractivity contribution in [3.8, 4) is 5.75 Å². The molecule has 0 aliphatic heterocycles. The summed E-state index contributed by atoms with van der Waals surface area (Å²) in [4.78, 5) is 12.2. The number of phenolic OH excluding ortho intramolecular Hbond substituents is 1. The highest BCUT2D eigenvalue weighted by Crippen LogP contribution is 2.29. The van der Waals surface area contributed by atoms with Gasteiger partial charge >= 0.3 is 0 Å². The van der Waals surface area contributed by atoms with Gasteiger partial charge in [0.15, 0.2) is 0 Å². The number of amides is 1. The maximum Gasteiger partial charge on any atom is 0.255 e. The molecule has 0 radical (unpaired) electrons. The van der Waals surface area contributed by atoms with E-state index < -0.39 is 5.54 Å². The van der Waals surface area contributed by atoms with E-state index in [-0.39, 0.29) is 23.8 Å². The van der Waals surface area contributed by atoms with Gasteiger partial charge in [0.25, 0.3) is 5.91 Å². The SMILES string of the molecule is O=C(NC1(CO)CCCCC1)c1ccc(Cl)cc1O. The van der Waals surface area contributed by atoms with E-state index in [9.17, 15) is 15.0 Å². The van der Waals surface area contributed by atoms with Gasteiger partial charge in [-0.2, -0.15) is 0 Å². The minimum atomic E-state index is -0.554.